The summed E-state index contributed by atoms with van der Waals surface area (Å²) in [5.41, 5.74) is -0.714. The van der Waals surface area contributed by atoms with E-state index < -0.39 is 5.41 Å². The zero-order valence-corrected chi connectivity index (χ0v) is 9.13. The van der Waals surface area contributed by atoms with Crippen molar-refractivity contribution in [1.29, 1.82) is 5.26 Å². The van der Waals surface area contributed by atoms with Crippen LogP contribution in [0.1, 0.15) is 33.6 Å². The van der Waals surface area contributed by atoms with Gasteiger partial charge in [-0.3, -0.25) is 4.79 Å². The summed E-state index contributed by atoms with van der Waals surface area (Å²) in [5, 5.41) is 11.8. The Bertz CT molecular complexity index is 259. The van der Waals surface area contributed by atoms with Crippen molar-refractivity contribution in [2.45, 2.75) is 33.6 Å². The van der Waals surface area contributed by atoms with Crippen LogP contribution in [-0.4, -0.2) is 12.5 Å². The third-order valence-corrected chi connectivity index (χ3v) is 2.71. The van der Waals surface area contributed by atoms with Gasteiger partial charge in [0.1, 0.15) is 5.41 Å². The molecule has 0 unspecified atom stereocenters. The van der Waals surface area contributed by atoms with E-state index in [-0.39, 0.29) is 5.91 Å². The van der Waals surface area contributed by atoms with Crippen molar-refractivity contribution in [3.05, 3.63) is 0 Å². The van der Waals surface area contributed by atoms with Gasteiger partial charge in [0.05, 0.1) is 6.07 Å². The van der Waals surface area contributed by atoms with E-state index in [1.54, 1.807) is 0 Å². The molecule has 0 spiro atoms. The molecule has 0 atom stereocenters. The van der Waals surface area contributed by atoms with Crippen molar-refractivity contribution >= 4 is 5.91 Å². The first-order chi connectivity index (χ1) is 6.50. The number of nitriles is 1. The minimum Gasteiger partial charge on any atom is -0.354 e. The number of amides is 1. The van der Waals surface area contributed by atoms with Crippen molar-refractivity contribution in [3.8, 4) is 6.07 Å². The third-order valence-electron chi connectivity index (χ3n) is 2.71. The lowest BCUT2D eigenvalue weighted by atomic mass is 9.63. The number of hydrogen-bond donors (Lipinski definition) is 1. The number of carbonyl (C=O) groups excluding carboxylic acids is 1. The van der Waals surface area contributed by atoms with Gasteiger partial charge in [0, 0.05) is 6.54 Å². The summed E-state index contributed by atoms with van der Waals surface area (Å²) in [4.78, 5) is 11.7. The van der Waals surface area contributed by atoms with Crippen LogP contribution in [0.3, 0.4) is 0 Å². The van der Waals surface area contributed by atoms with Gasteiger partial charge in [0.2, 0.25) is 5.91 Å². The van der Waals surface area contributed by atoms with E-state index in [9.17, 15) is 4.79 Å². The van der Waals surface area contributed by atoms with E-state index >= 15 is 0 Å². The molecule has 0 aromatic carbocycles. The molecule has 0 heterocycles. The predicted molar refractivity (Wildman–Crippen MR) is 54.3 cm³/mol. The van der Waals surface area contributed by atoms with Gasteiger partial charge in [0.25, 0.3) is 0 Å². The summed E-state index contributed by atoms with van der Waals surface area (Å²) >= 11 is 0. The Morgan fingerprint density at radius 1 is 1.64 bits per heavy atom. The topological polar surface area (TPSA) is 52.9 Å². The van der Waals surface area contributed by atoms with E-state index in [1.165, 1.54) is 0 Å². The van der Waals surface area contributed by atoms with Gasteiger partial charge < -0.3 is 5.32 Å². The Morgan fingerprint density at radius 3 is 2.57 bits per heavy atom. The minimum atomic E-state index is -0.714. The smallest absolute Gasteiger partial charge is 0.240 e. The molecule has 3 heteroatoms. The Balaban J connectivity index is 2.47. The average Bonchev–Trinajstić information content (AvgIpc) is 2.08. The number of nitrogens with zero attached hydrogens (tertiary/aromatic N) is 1. The summed E-state index contributed by atoms with van der Waals surface area (Å²) in [6.07, 6.45) is 1.43. The van der Waals surface area contributed by atoms with E-state index in [2.05, 4.69) is 18.3 Å². The van der Waals surface area contributed by atoms with Crippen molar-refractivity contribution in [1.82, 2.24) is 5.32 Å². The molecule has 78 valence electrons. The second-order valence-corrected chi connectivity index (χ2v) is 4.81. The van der Waals surface area contributed by atoms with Gasteiger partial charge in [-0.1, -0.05) is 20.8 Å². The molecule has 0 aromatic rings. The summed E-state index contributed by atoms with van der Waals surface area (Å²) < 4.78 is 0. The highest BCUT2D eigenvalue weighted by atomic mass is 16.2. The van der Waals surface area contributed by atoms with Gasteiger partial charge in [-0.25, -0.2) is 0 Å². The van der Waals surface area contributed by atoms with Gasteiger partial charge in [0.15, 0.2) is 0 Å². The lowest BCUT2D eigenvalue weighted by molar-refractivity contribution is -0.134. The molecule has 1 fully saturated rings. The summed E-state index contributed by atoms with van der Waals surface area (Å²) in [6.45, 7) is 6.83. The SMILES string of the molecule is CC(C)CNC(=O)C1(C#N)CC(C)C1. The first-order valence-corrected chi connectivity index (χ1v) is 5.20. The van der Waals surface area contributed by atoms with E-state index in [0.29, 0.717) is 31.2 Å². The monoisotopic (exact) mass is 194 g/mol. The number of rotatable bonds is 3. The number of carbonyl (C=O) groups is 1. The maximum Gasteiger partial charge on any atom is 0.240 e. The van der Waals surface area contributed by atoms with Crippen LogP contribution in [0.15, 0.2) is 0 Å². The number of nitrogens with one attached hydrogen (secondary N) is 1. The van der Waals surface area contributed by atoms with Crippen molar-refractivity contribution in [3.63, 3.8) is 0 Å². The second-order valence-electron chi connectivity index (χ2n) is 4.81. The van der Waals surface area contributed by atoms with Crippen LogP contribution in [0, 0.1) is 28.6 Å². The molecule has 14 heavy (non-hydrogen) atoms. The molecule has 1 saturated carbocycles. The summed E-state index contributed by atoms with van der Waals surface area (Å²) in [6, 6.07) is 2.16. The highest BCUT2D eigenvalue weighted by molar-refractivity contribution is 5.86. The normalized spacial score (nSPS) is 30.6. The van der Waals surface area contributed by atoms with Gasteiger partial charge >= 0.3 is 0 Å². The molecule has 0 aliphatic heterocycles. The molecule has 1 N–H and O–H groups in total. The van der Waals surface area contributed by atoms with Gasteiger partial charge in [-0.15, -0.1) is 0 Å². The predicted octanol–water partition coefficient (Wildman–Crippen LogP) is 1.70. The molecule has 0 radical (unpaired) electrons. The lowest BCUT2D eigenvalue weighted by Gasteiger charge is -2.39. The lowest BCUT2D eigenvalue weighted by Crippen LogP contribution is -2.48. The highest BCUT2D eigenvalue weighted by Crippen LogP contribution is 2.44. The van der Waals surface area contributed by atoms with Crippen LogP contribution < -0.4 is 5.32 Å². The average molecular weight is 194 g/mol. The molecule has 0 bridgehead atoms. The quantitative estimate of drug-likeness (QED) is 0.743. The molecule has 1 aliphatic carbocycles. The maximum absolute atomic E-state index is 11.7. The largest absolute Gasteiger partial charge is 0.354 e. The van der Waals surface area contributed by atoms with Crippen LogP contribution >= 0.6 is 0 Å². The molecular weight excluding hydrogens is 176 g/mol. The standard InChI is InChI=1S/C11H18N2O/c1-8(2)6-13-10(14)11(7-12)4-9(3)5-11/h8-9H,4-6H2,1-3H3,(H,13,14). The zero-order chi connectivity index (χ0) is 10.8. The fraction of sp³-hybridized carbons (Fsp3) is 0.818. The maximum atomic E-state index is 11.7. The first-order valence-electron chi connectivity index (χ1n) is 5.20. The van der Waals surface area contributed by atoms with Crippen LogP contribution in [0.5, 0.6) is 0 Å². The fourth-order valence-corrected chi connectivity index (χ4v) is 1.92. The van der Waals surface area contributed by atoms with E-state index in [0.717, 1.165) is 0 Å². The summed E-state index contributed by atoms with van der Waals surface area (Å²) in [5.74, 6) is 0.874. The minimum absolute atomic E-state index is 0.0770. The Morgan fingerprint density at radius 2 is 2.21 bits per heavy atom. The number of hydrogen-bond acceptors (Lipinski definition) is 2. The molecule has 0 aromatic heterocycles. The highest BCUT2D eigenvalue weighted by Gasteiger charge is 2.48. The molecule has 1 amide bonds. The van der Waals surface area contributed by atoms with Crippen LogP contribution in [0.4, 0.5) is 0 Å². The molecule has 0 saturated heterocycles. The van der Waals surface area contributed by atoms with Crippen molar-refractivity contribution < 1.29 is 4.79 Å². The third kappa shape index (κ3) is 2.06. The first kappa shape index (κ1) is 11.0. The molecule has 1 aliphatic rings. The van der Waals surface area contributed by atoms with Crippen LogP contribution in [0.25, 0.3) is 0 Å². The fourth-order valence-electron chi connectivity index (χ4n) is 1.92. The summed E-state index contributed by atoms with van der Waals surface area (Å²) in [7, 11) is 0. The Hall–Kier alpha value is -1.04. The van der Waals surface area contributed by atoms with Crippen LogP contribution in [-0.2, 0) is 4.79 Å². The molecule has 1 rings (SSSR count). The second kappa shape index (κ2) is 4.00. The Labute approximate surface area is 85.5 Å². The van der Waals surface area contributed by atoms with Crippen molar-refractivity contribution in [2.24, 2.45) is 17.3 Å². The zero-order valence-electron chi connectivity index (χ0n) is 9.13. The van der Waals surface area contributed by atoms with Gasteiger partial charge in [-0.2, -0.15) is 5.26 Å². The molecular formula is C11H18N2O. The Kier molecular flexibility index (Phi) is 3.15. The van der Waals surface area contributed by atoms with Gasteiger partial charge in [-0.05, 0) is 24.7 Å². The van der Waals surface area contributed by atoms with Crippen LogP contribution in [0.2, 0.25) is 0 Å². The van der Waals surface area contributed by atoms with Crippen molar-refractivity contribution in [2.75, 3.05) is 6.54 Å². The molecule has 3 nitrogen and oxygen atoms in total. The van der Waals surface area contributed by atoms with E-state index in [4.69, 9.17) is 5.26 Å². The van der Waals surface area contributed by atoms with E-state index in [1.807, 2.05) is 13.8 Å².